The van der Waals surface area contributed by atoms with Crippen molar-refractivity contribution in [2.24, 2.45) is 0 Å². The van der Waals surface area contributed by atoms with Gasteiger partial charge in [0.05, 0.1) is 5.52 Å². The molecular weight excluding hydrogens is 1130 g/mol. The minimum Gasteiger partial charge on any atom is -0.284 e. The van der Waals surface area contributed by atoms with Crippen molar-refractivity contribution in [3.8, 4) is 11.1 Å². The molecule has 0 N–H and O–H groups in total. The average Bonchev–Trinajstić information content (AvgIpc) is 3.51. The Hall–Kier alpha value is 3.04. The van der Waals surface area contributed by atoms with Crippen LogP contribution in [0.5, 0.6) is 0 Å². The standard InChI is InChI=1S/C21H21N3.S26/c1-14-13-22-19-17-11-10-16(15-8-6-5-7-9-15)12-18(17)23-20(24(14)19)21(2,3)4;1-3-5-7-9-11-13-15-17-19-21-23-25-26-24-22-20-18-16-14-12-10-8-6-4-2/h5-13H,1-4H3;. The van der Waals surface area contributed by atoms with E-state index in [0.717, 1.165) is 28.1 Å². The van der Waals surface area contributed by atoms with Crippen molar-refractivity contribution in [2.45, 2.75) is 33.1 Å². The molecule has 0 spiro atoms. The van der Waals surface area contributed by atoms with Crippen LogP contribution in [-0.4, -0.2) is 14.4 Å². The van der Waals surface area contributed by atoms with Gasteiger partial charge in [0, 0.05) is 258 Å². The van der Waals surface area contributed by atoms with Crippen LogP contribution < -0.4 is 0 Å². The summed E-state index contributed by atoms with van der Waals surface area (Å²) < 4.78 is 2.19. The number of nitrogens with zero attached hydrogens (tertiary/aromatic N) is 3. The van der Waals surface area contributed by atoms with Crippen LogP contribution in [0.1, 0.15) is 32.3 Å². The van der Waals surface area contributed by atoms with E-state index in [1.807, 2.05) is 83.3 Å². The molecule has 2 aromatic carbocycles. The molecule has 276 valence electrons. The van der Waals surface area contributed by atoms with Crippen LogP contribution in [0.3, 0.4) is 0 Å². The van der Waals surface area contributed by atoms with Gasteiger partial charge < -0.3 is 0 Å². The highest BCUT2D eigenvalue weighted by Gasteiger charge is 2.22. The summed E-state index contributed by atoms with van der Waals surface area (Å²) in [6, 6.07) is 16.9. The SMILES string of the molecule is Cc1cnc2c3ccc(-c4ccccc4)cc3nc(C(C)(C)C)n12.S=S=S=S=S=S=S=S=S=S=S=S=S=S=S=S=S=S=S=S=S=S=S=S=S=S. The molecule has 0 bridgehead atoms. The second-order valence-corrected chi connectivity index (χ2v) is 51.4. The highest BCUT2D eigenvalue weighted by Crippen LogP contribution is 2.30. The largest absolute Gasteiger partial charge is 0.284 e. The van der Waals surface area contributed by atoms with Crippen LogP contribution in [0.15, 0.2) is 54.7 Å². The van der Waals surface area contributed by atoms with E-state index in [0.29, 0.717) is 0 Å². The normalized spacial score (nSPS) is 9.76. The van der Waals surface area contributed by atoms with Gasteiger partial charge in [-0.25, -0.2) is 9.97 Å². The maximum atomic E-state index is 5.02. The van der Waals surface area contributed by atoms with E-state index in [1.165, 1.54) is 28.9 Å². The second kappa shape index (κ2) is 29.3. The first-order valence-electron chi connectivity index (χ1n) is 12.5. The predicted octanol–water partition coefficient (Wildman–Crippen LogP) is 5.09. The van der Waals surface area contributed by atoms with Crippen LogP contribution in [0.4, 0.5) is 0 Å². The van der Waals surface area contributed by atoms with E-state index >= 15 is 0 Å². The fraction of sp³-hybridized carbons (Fsp3) is 0.238. The Morgan fingerprint density at radius 1 is 0.540 bits per heavy atom. The average molecular weight is 1150 g/mol. The van der Waals surface area contributed by atoms with Gasteiger partial charge >= 0.3 is 0 Å². The molecule has 0 aliphatic carbocycles. The molecule has 4 aromatic rings. The summed E-state index contributed by atoms with van der Waals surface area (Å²) in [6.07, 6.45) is 1.93. The van der Waals surface area contributed by atoms with Crippen LogP contribution in [0.2, 0.25) is 0 Å². The van der Waals surface area contributed by atoms with Crippen molar-refractivity contribution in [1.82, 2.24) is 14.4 Å². The Labute approximate surface area is 369 Å². The Bertz CT molecular complexity index is 2860. The number of hydrogen-bond donors (Lipinski definition) is 0. The highest BCUT2D eigenvalue weighted by molar-refractivity contribution is 8.79. The minimum atomic E-state index is -0.0549. The third kappa shape index (κ3) is 19.0. The molecule has 0 saturated heterocycles. The molecule has 2 heterocycles. The quantitative estimate of drug-likeness (QED) is 0.266. The molecule has 4 rings (SSSR count). The molecule has 3 nitrogen and oxygen atoms in total. The summed E-state index contributed by atoms with van der Waals surface area (Å²) in [5.74, 6) is 1.05. The first kappa shape index (κ1) is 47.4. The maximum Gasteiger partial charge on any atom is 0.147 e. The van der Waals surface area contributed by atoms with Crippen LogP contribution in [-0.2, 0) is 241 Å². The van der Waals surface area contributed by atoms with Crippen molar-refractivity contribution in [3.05, 3.63) is 66.2 Å². The Morgan fingerprint density at radius 2 is 0.960 bits per heavy atom. The lowest BCUT2D eigenvalue weighted by Gasteiger charge is -2.21. The molecular formula is C21H21N3S26. The van der Waals surface area contributed by atoms with Crippen molar-refractivity contribution in [3.63, 3.8) is 0 Å². The van der Waals surface area contributed by atoms with Crippen molar-refractivity contribution in [1.29, 1.82) is 0 Å². The number of aromatic nitrogens is 3. The third-order valence-electron chi connectivity index (χ3n) is 5.03. The molecule has 0 atom stereocenters. The molecule has 0 aliphatic heterocycles. The van der Waals surface area contributed by atoms with Gasteiger partial charge in [-0.2, -0.15) is 0 Å². The van der Waals surface area contributed by atoms with Gasteiger partial charge in [-0.05, 0) is 30.2 Å². The summed E-state index contributed by atoms with van der Waals surface area (Å²) in [7, 11) is 41.8. The molecule has 0 radical (unpaired) electrons. The zero-order valence-electron chi connectivity index (χ0n) is 25.2. The molecule has 29 heteroatoms. The molecule has 2 aromatic heterocycles. The van der Waals surface area contributed by atoms with Gasteiger partial charge in [0.2, 0.25) is 0 Å². The number of imidazole rings is 1. The number of rotatable bonds is 1. The third-order valence-corrected chi connectivity index (χ3v) is 56.1. The summed E-state index contributed by atoms with van der Waals surface area (Å²) in [5, 5.41) is 1.09. The number of fused-ring (bicyclic) bond motifs is 3. The zero-order chi connectivity index (χ0) is 35.9. The van der Waals surface area contributed by atoms with Crippen LogP contribution in [0, 0.1) is 6.92 Å². The van der Waals surface area contributed by atoms with E-state index < -0.39 is 0 Å². The van der Waals surface area contributed by atoms with Crippen molar-refractivity contribution < 1.29 is 0 Å². The molecule has 50 heavy (non-hydrogen) atoms. The van der Waals surface area contributed by atoms with Gasteiger partial charge in [0.1, 0.15) is 11.5 Å². The first-order chi connectivity index (χ1) is 24.4. The molecule has 0 saturated carbocycles. The van der Waals surface area contributed by atoms with Crippen LogP contribution in [0.25, 0.3) is 27.7 Å². The lowest BCUT2D eigenvalue weighted by Crippen LogP contribution is -2.19. The first-order valence-corrected chi connectivity index (χ1v) is 45.8. The van der Waals surface area contributed by atoms with E-state index in [2.05, 4.69) is 79.5 Å². The van der Waals surface area contributed by atoms with E-state index in [-0.39, 0.29) is 5.41 Å². The Kier molecular flexibility index (Phi) is 27.8. The van der Waals surface area contributed by atoms with Gasteiger partial charge in [-0.15, -0.1) is 0 Å². The smallest absolute Gasteiger partial charge is 0.147 e. The minimum absolute atomic E-state index is 0.0549. The Morgan fingerprint density at radius 3 is 1.36 bits per heavy atom. The number of aryl methyl sites for hydroxylation is 1. The van der Waals surface area contributed by atoms with E-state index in [4.69, 9.17) is 27.4 Å². The fourth-order valence-electron chi connectivity index (χ4n) is 3.43. The summed E-state index contributed by atoms with van der Waals surface area (Å²) in [6.45, 7) is 8.67. The topological polar surface area (TPSA) is 30.2 Å². The molecule has 0 amide bonds. The van der Waals surface area contributed by atoms with E-state index in [9.17, 15) is 0 Å². The molecule has 0 aliphatic rings. The summed E-state index contributed by atoms with van der Waals surface area (Å²) >= 11 is 9.55. The van der Waals surface area contributed by atoms with Gasteiger partial charge in [0.25, 0.3) is 0 Å². The van der Waals surface area contributed by atoms with Gasteiger partial charge in [-0.1, -0.05) is 57.2 Å². The zero-order valence-corrected chi connectivity index (χ0v) is 46.4. The summed E-state index contributed by atoms with van der Waals surface area (Å²) in [5.41, 5.74) is 5.44. The second-order valence-electron chi connectivity index (χ2n) is 8.97. The van der Waals surface area contributed by atoms with Gasteiger partial charge in [0.15, 0.2) is 0 Å². The van der Waals surface area contributed by atoms with Gasteiger partial charge in [-0.3, -0.25) is 4.40 Å². The van der Waals surface area contributed by atoms with Crippen molar-refractivity contribution in [2.75, 3.05) is 0 Å². The fourth-order valence-corrected chi connectivity index (χ4v) is 63.8. The predicted molar refractivity (Wildman–Crippen MR) is 291 cm³/mol. The Balaban J connectivity index is 0.000000270. The molecule has 0 fully saturated rings. The molecule has 0 unspecified atom stereocenters. The number of hydrogen-bond acceptors (Lipinski definition) is 4. The monoisotopic (exact) mass is 1150 g/mol. The van der Waals surface area contributed by atoms with Crippen molar-refractivity contribution >= 4 is 252 Å². The highest BCUT2D eigenvalue weighted by atomic mass is 33.5. The number of benzene rings is 2. The van der Waals surface area contributed by atoms with Crippen LogP contribution >= 0.6 is 0 Å². The maximum absolute atomic E-state index is 5.02. The summed E-state index contributed by atoms with van der Waals surface area (Å²) in [4.78, 5) is 9.66. The lowest BCUT2D eigenvalue weighted by molar-refractivity contribution is 0.537. The lowest BCUT2D eigenvalue weighted by atomic mass is 9.94. The van der Waals surface area contributed by atoms with E-state index in [1.54, 1.807) is 124 Å².